The lowest BCUT2D eigenvalue weighted by Gasteiger charge is -2.18. The number of aliphatic hydroxyl groups is 1. The third-order valence-corrected chi connectivity index (χ3v) is 3.36. The number of hydrogen-bond donors (Lipinski definition) is 1. The summed E-state index contributed by atoms with van der Waals surface area (Å²) in [5.74, 6) is 1.51. The predicted molar refractivity (Wildman–Crippen MR) is 67.4 cm³/mol. The zero-order valence-electron chi connectivity index (χ0n) is 10.3. The lowest BCUT2D eigenvalue weighted by atomic mass is 10.0. The van der Waals surface area contributed by atoms with E-state index in [1.807, 2.05) is 12.3 Å². The molecule has 1 aliphatic rings. The van der Waals surface area contributed by atoms with E-state index in [0.717, 1.165) is 37.4 Å². The van der Waals surface area contributed by atoms with Gasteiger partial charge in [0.15, 0.2) is 0 Å². The fourth-order valence-electron chi connectivity index (χ4n) is 2.37. The summed E-state index contributed by atoms with van der Waals surface area (Å²) < 4.78 is 5.18. The maximum absolute atomic E-state index is 8.84. The Hall–Kier alpha value is -1.29. The van der Waals surface area contributed by atoms with Gasteiger partial charge < -0.3 is 14.7 Å². The molecule has 4 nitrogen and oxygen atoms in total. The molecule has 2 heterocycles. The Kier molecular flexibility index (Phi) is 4.20. The maximum Gasteiger partial charge on any atom is 0.139 e. The van der Waals surface area contributed by atoms with Crippen LogP contribution in [0.2, 0.25) is 0 Å². The number of ether oxygens (including phenoxy) is 1. The number of rotatable bonds is 5. The summed E-state index contributed by atoms with van der Waals surface area (Å²) in [5, 5.41) is 8.84. The van der Waals surface area contributed by atoms with Crippen LogP contribution in [0.4, 0.5) is 5.69 Å². The Labute approximate surface area is 102 Å². The first-order chi connectivity index (χ1) is 8.33. The highest BCUT2D eigenvalue weighted by Crippen LogP contribution is 2.27. The highest BCUT2D eigenvalue weighted by atomic mass is 16.5. The average molecular weight is 236 g/mol. The molecule has 17 heavy (non-hydrogen) atoms. The number of hydrogen-bond acceptors (Lipinski definition) is 4. The summed E-state index contributed by atoms with van der Waals surface area (Å²) in [5.41, 5.74) is 1.14. The number of methoxy groups -OCH3 is 1. The van der Waals surface area contributed by atoms with Crippen LogP contribution in [-0.4, -0.2) is 36.9 Å². The van der Waals surface area contributed by atoms with Crippen LogP contribution < -0.4 is 9.64 Å². The lowest BCUT2D eigenvalue weighted by Crippen LogP contribution is -2.19. The van der Waals surface area contributed by atoms with E-state index in [1.165, 1.54) is 6.42 Å². The molecule has 0 saturated carbocycles. The van der Waals surface area contributed by atoms with E-state index >= 15 is 0 Å². The number of nitrogens with zero attached hydrogens (tertiary/aromatic N) is 2. The number of aliphatic hydroxyl groups excluding tert-OH is 1. The van der Waals surface area contributed by atoms with Crippen molar-refractivity contribution in [3.05, 3.63) is 18.5 Å². The van der Waals surface area contributed by atoms with Crippen LogP contribution in [0.15, 0.2) is 18.5 Å². The van der Waals surface area contributed by atoms with Gasteiger partial charge in [-0.1, -0.05) is 0 Å². The number of aromatic nitrogens is 1. The van der Waals surface area contributed by atoms with Crippen LogP contribution >= 0.6 is 0 Å². The van der Waals surface area contributed by atoms with Crippen molar-refractivity contribution >= 4 is 5.69 Å². The minimum atomic E-state index is 0.303. The fraction of sp³-hybridized carbons (Fsp3) is 0.615. The molecule has 0 bridgehead atoms. The van der Waals surface area contributed by atoms with Crippen molar-refractivity contribution in [2.75, 3.05) is 31.7 Å². The van der Waals surface area contributed by atoms with E-state index < -0.39 is 0 Å². The topological polar surface area (TPSA) is 45.6 Å². The molecule has 94 valence electrons. The summed E-state index contributed by atoms with van der Waals surface area (Å²) in [6.45, 7) is 2.44. The SMILES string of the molecule is COc1cncc(N2CCC(CCCO)C2)c1. The van der Waals surface area contributed by atoms with E-state index in [1.54, 1.807) is 13.3 Å². The van der Waals surface area contributed by atoms with Gasteiger partial charge in [0, 0.05) is 25.8 Å². The average Bonchev–Trinajstić information content (AvgIpc) is 2.85. The summed E-state index contributed by atoms with van der Waals surface area (Å²) in [6.07, 6.45) is 6.84. The third kappa shape index (κ3) is 3.09. The van der Waals surface area contributed by atoms with Gasteiger partial charge >= 0.3 is 0 Å². The molecule has 1 aliphatic heterocycles. The van der Waals surface area contributed by atoms with Gasteiger partial charge in [0.05, 0.1) is 25.2 Å². The van der Waals surface area contributed by atoms with Crippen LogP contribution in [-0.2, 0) is 0 Å². The molecule has 0 radical (unpaired) electrons. The van der Waals surface area contributed by atoms with Crippen LogP contribution in [0.25, 0.3) is 0 Å². The molecule has 0 aliphatic carbocycles. The quantitative estimate of drug-likeness (QED) is 0.845. The van der Waals surface area contributed by atoms with E-state index in [9.17, 15) is 0 Å². The molecule has 4 heteroatoms. The molecule has 1 aromatic rings. The largest absolute Gasteiger partial charge is 0.495 e. The molecule has 1 atom stereocenters. The molecule has 2 rings (SSSR count). The first-order valence-corrected chi connectivity index (χ1v) is 6.18. The van der Waals surface area contributed by atoms with E-state index in [0.29, 0.717) is 12.5 Å². The summed E-state index contributed by atoms with van der Waals surface area (Å²) in [7, 11) is 1.66. The molecular formula is C13H20N2O2. The normalized spacial score (nSPS) is 19.6. The Balaban J connectivity index is 1.94. The Morgan fingerprint density at radius 3 is 3.18 bits per heavy atom. The predicted octanol–water partition coefficient (Wildman–Crippen LogP) is 1.69. The standard InChI is InChI=1S/C13H20N2O2/c1-17-13-7-12(8-14-9-13)15-5-4-11(10-15)3-2-6-16/h7-9,11,16H,2-6,10H2,1H3. The number of anilines is 1. The van der Waals surface area contributed by atoms with Gasteiger partial charge in [-0.25, -0.2) is 0 Å². The monoisotopic (exact) mass is 236 g/mol. The van der Waals surface area contributed by atoms with Crippen molar-refractivity contribution in [3.8, 4) is 5.75 Å². The Morgan fingerprint density at radius 1 is 1.53 bits per heavy atom. The third-order valence-electron chi connectivity index (χ3n) is 3.36. The first-order valence-electron chi connectivity index (χ1n) is 6.18. The summed E-state index contributed by atoms with van der Waals surface area (Å²) >= 11 is 0. The van der Waals surface area contributed by atoms with E-state index in [2.05, 4.69) is 9.88 Å². The molecule has 0 aromatic carbocycles. The molecule has 1 saturated heterocycles. The maximum atomic E-state index is 8.84. The molecular weight excluding hydrogens is 216 g/mol. The van der Waals surface area contributed by atoms with Crippen LogP contribution in [0.5, 0.6) is 5.75 Å². The fourth-order valence-corrected chi connectivity index (χ4v) is 2.37. The van der Waals surface area contributed by atoms with Crippen LogP contribution in [0, 0.1) is 5.92 Å². The van der Waals surface area contributed by atoms with Crippen molar-refractivity contribution in [3.63, 3.8) is 0 Å². The van der Waals surface area contributed by atoms with Gasteiger partial charge in [-0.15, -0.1) is 0 Å². The van der Waals surface area contributed by atoms with Crippen LogP contribution in [0.1, 0.15) is 19.3 Å². The van der Waals surface area contributed by atoms with Crippen LogP contribution in [0.3, 0.4) is 0 Å². The van der Waals surface area contributed by atoms with Crippen molar-refractivity contribution in [2.45, 2.75) is 19.3 Å². The molecule has 0 amide bonds. The van der Waals surface area contributed by atoms with Gasteiger partial charge in [0.25, 0.3) is 0 Å². The van der Waals surface area contributed by atoms with Gasteiger partial charge in [0.1, 0.15) is 5.75 Å². The second-order valence-electron chi connectivity index (χ2n) is 4.55. The van der Waals surface area contributed by atoms with Gasteiger partial charge in [0.2, 0.25) is 0 Å². The number of pyridine rings is 1. The van der Waals surface area contributed by atoms with Gasteiger partial charge in [-0.3, -0.25) is 4.98 Å². The minimum Gasteiger partial charge on any atom is -0.495 e. The second kappa shape index (κ2) is 5.87. The lowest BCUT2D eigenvalue weighted by molar-refractivity contribution is 0.274. The highest BCUT2D eigenvalue weighted by molar-refractivity contribution is 5.48. The summed E-state index contributed by atoms with van der Waals surface area (Å²) in [4.78, 5) is 6.53. The smallest absolute Gasteiger partial charge is 0.139 e. The van der Waals surface area contributed by atoms with Crippen molar-refractivity contribution in [1.29, 1.82) is 0 Å². The van der Waals surface area contributed by atoms with Crippen molar-refractivity contribution < 1.29 is 9.84 Å². The Morgan fingerprint density at radius 2 is 2.41 bits per heavy atom. The molecule has 1 aromatic heterocycles. The second-order valence-corrected chi connectivity index (χ2v) is 4.55. The van der Waals surface area contributed by atoms with Gasteiger partial charge in [-0.2, -0.15) is 0 Å². The Bertz CT molecular complexity index is 357. The van der Waals surface area contributed by atoms with Crippen molar-refractivity contribution in [2.24, 2.45) is 5.92 Å². The molecule has 0 spiro atoms. The zero-order chi connectivity index (χ0) is 12.1. The molecule has 1 N–H and O–H groups in total. The molecule has 1 fully saturated rings. The zero-order valence-corrected chi connectivity index (χ0v) is 10.3. The minimum absolute atomic E-state index is 0.303. The summed E-state index contributed by atoms with van der Waals surface area (Å²) in [6, 6.07) is 2.03. The van der Waals surface area contributed by atoms with E-state index in [-0.39, 0.29) is 0 Å². The first kappa shape index (κ1) is 12.2. The van der Waals surface area contributed by atoms with E-state index in [4.69, 9.17) is 9.84 Å². The molecule has 1 unspecified atom stereocenters. The highest BCUT2D eigenvalue weighted by Gasteiger charge is 2.22. The van der Waals surface area contributed by atoms with Crippen molar-refractivity contribution in [1.82, 2.24) is 4.98 Å². The van der Waals surface area contributed by atoms with Gasteiger partial charge in [-0.05, 0) is 25.2 Å².